The summed E-state index contributed by atoms with van der Waals surface area (Å²) in [5, 5.41) is 0. The standard InChI is InChI=1S/C7H10INO/c1-2-3-4-5-7(6-10)9-8/h2-7,9H,1H3/b3-2-,5-4-/t7-/m1/s1. The molecule has 0 aromatic carbocycles. The Morgan fingerprint density at radius 3 is 2.60 bits per heavy atom. The average molecular weight is 251 g/mol. The highest BCUT2D eigenvalue weighted by Gasteiger charge is 1.94. The van der Waals surface area contributed by atoms with Gasteiger partial charge in [0.05, 0.1) is 6.04 Å². The second kappa shape index (κ2) is 6.95. The van der Waals surface area contributed by atoms with Crippen molar-refractivity contribution in [1.29, 1.82) is 0 Å². The molecule has 0 spiro atoms. The van der Waals surface area contributed by atoms with Gasteiger partial charge in [-0.25, -0.2) is 3.53 Å². The molecule has 0 radical (unpaired) electrons. The number of carbonyl (C=O) groups excluding carboxylic acids is 1. The molecule has 0 bridgehead atoms. The smallest absolute Gasteiger partial charge is 0.141 e. The molecule has 0 amide bonds. The van der Waals surface area contributed by atoms with E-state index < -0.39 is 0 Å². The molecule has 1 atom stereocenters. The van der Waals surface area contributed by atoms with Crippen LogP contribution in [0.25, 0.3) is 0 Å². The number of hydrogen-bond acceptors (Lipinski definition) is 2. The third-order valence-electron chi connectivity index (χ3n) is 0.895. The van der Waals surface area contributed by atoms with E-state index in [-0.39, 0.29) is 6.04 Å². The minimum absolute atomic E-state index is 0.170. The zero-order valence-electron chi connectivity index (χ0n) is 5.75. The molecule has 0 unspecified atom stereocenters. The lowest BCUT2D eigenvalue weighted by atomic mass is 10.3. The molecule has 0 aromatic heterocycles. The number of carbonyl (C=O) groups is 1. The van der Waals surface area contributed by atoms with E-state index in [4.69, 9.17) is 0 Å². The summed E-state index contributed by atoms with van der Waals surface area (Å²) in [7, 11) is 0. The number of halogens is 1. The number of nitrogens with one attached hydrogen (secondary N) is 1. The van der Waals surface area contributed by atoms with Crippen molar-refractivity contribution >= 4 is 29.2 Å². The van der Waals surface area contributed by atoms with E-state index in [1.54, 1.807) is 6.08 Å². The van der Waals surface area contributed by atoms with E-state index in [2.05, 4.69) is 3.53 Å². The molecule has 0 saturated carbocycles. The summed E-state index contributed by atoms with van der Waals surface area (Å²) in [6.45, 7) is 1.93. The van der Waals surface area contributed by atoms with Gasteiger partial charge in [-0.3, -0.25) is 0 Å². The fourth-order valence-electron chi connectivity index (χ4n) is 0.402. The van der Waals surface area contributed by atoms with Gasteiger partial charge in [-0.05, 0) is 6.92 Å². The van der Waals surface area contributed by atoms with Crippen molar-refractivity contribution in [3.8, 4) is 0 Å². The Hall–Kier alpha value is -0.160. The van der Waals surface area contributed by atoms with Crippen LogP contribution in [0.4, 0.5) is 0 Å². The number of aldehydes is 1. The van der Waals surface area contributed by atoms with Crippen LogP contribution >= 0.6 is 22.9 Å². The molecule has 0 heterocycles. The van der Waals surface area contributed by atoms with Gasteiger partial charge in [-0.15, -0.1) is 0 Å². The summed E-state index contributed by atoms with van der Waals surface area (Å²) >= 11 is 1.94. The Bertz CT molecular complexity index is 143. The highest BCUT2D eigenvalue weighted by atomic mass is 127. The van der Waals surface area contributed by atoms with Gasteiger partial charge in [0.2, 0.25) is 0 Å². The molecule has 0 fully saturated rings. The molecule has 2 nitrogen and oxygen atoms in total. The zero-order chi connectivity index (χ0) is 7.82. The number of rotatable bonds is 4. The van der Waals surface area contributed by atoms with Crippen LogP contribution < -0.4 is 3.53 Å². The Morgan fingerprint density at radius 2 is 2.20 bits per heavy atom. The summed E-state index contributed by atoms with van der Waals surface area (Å²) in [6.07, 6.45) is 8.27. The maximum absolute atomic E-state index is 10.2. The van der Waals surface area contributed by atoms with Gasteiger partial charge < -0.3 is 4.79 Å². The third-order valence-corrected chi connectivity index (χ3v) is 1.61. The molecular formula is C7H10INO. The van der Waals surface area contributed by atoms with Crippen molar-refractivity contribution in [2.45, 2.75) is 13.0 Å². The molecule has 10 heavy (non-hydrogen) atoms. The molecule has 3 heteroatoms. The first-order valence-corrected chi connectivity index (χ1v) is 4.04. The predicted molar refractivity (Wildman–Crippen MR) is 51.0 cm³/mol. The first kappa shape index (κ1) is 9.84. The fraction of sp³-hybridized carbons (Fsp3) is 0.286. The topological polar surface area (TPSA) is 29.1 Å². The van der Waals surface area contributed by atoms with Crippen LogP contribution in [0.2, 0.25) is 0 Å². The van der Waals surface area contributed by atoms with Crippen molar-refractivity contribution in [3.63, 3.8) is 0 Å². The SMILES string of the molecule is C/C=C\C=C/[C@H](C=O)NI. The third kappa shape index (κ3) is 4.69. The highest BCUT2D eigenvalue weighted by molar-refractivity contribution is 14.1. The normalized spacial score (nSPS) is 14.6. The molecule has 0 rings (SSSR count). The van der Waals surface area contributed by atoms with Gasteiger partial charge in [0.1, 0.15) is 6.29 Å². The lowest BCUT2D eigenvalue weighted by molar-refractivity contribution is -0.108. The van der Waals surface area contributed by atoms with Crippen LogP contribution in [-0.4, -0.2) is 12.3 Å². The molecule has 1 N–H and O–H groups in total. The van der Waals surface area contributed by atoms with Crippen LogP contribution in [0.15, 0.2) is 24.3 Å². The maximum atomic E-state index is 10.2. The average Bonchev–Trinajstić information content (AvgIpc) is 1.99. The summed E-state index contributed by atoms with van der Waals surface area (Å²) in [6, 6.07) is -0.170. The van der Waals surface area contributed by atoms with Crippen molar-refractivity contribution in [1.82, 2.24) is 3.53 Å². The number of hydrogen-bond donors (Lipinski definition) is 1. The van der Waals surface area contributed by atoms with E-state index in [0.717, 1.165) is 6.29 Å². The predicted octanol–water partition coefficient (Wildman–Crippen LogP) is 1.63. The maximum Gasteiger partial charge on any atom is 0.141 e. The summed E-state index contributed by atoms with van der Waals surface area (Å²) in [4.78, 5) is 10.2. The van der Waals surface area contributed by atoms with Crippen molar-refractivity contribution in [3.05, 3.63) is 24.3 Å². The summed E-state index contributed by atoms with van der Waals surface area (Å²) in [5.41, 5.74) is 0. The van der Waals surface area contributed by atoms with Crippen molar-refractivity contribution < 1.29 is 4.79 Å². The minimum atomic E-state index is -0.170. The van der Waals surface area contributed by atoms with E-state index in [1.807, 2.05) is 48.0 Å². The summed E-state index contributed by atoms with van der Waals surface area (Å²) < 4.78 is 2.79. The molecule has 0 aromatic rings. The Kier molecular flexibility index (Phi) is 6.84. The van der Waals surface area contributed by atoms with Gasteiger partial charge in [0.25, 0.3) is 0 Å². The first-order chi connectivity index (χ1) is 4.85. The second-order valence-corrected chi connectivity index (χ2v) is 2.30. The van der Waals surface area contributed by atoms with Gasteiger partial charge in [-0.1, -0.05) is 24.3 Å². The molecule has 56 valence electrons. The molecule has 0 saturated heterocycles. The van der Waals surface area contributed by atoms with Crippen LogP contribution in [0.3, 0.4) is 0 Å². The summed E-state index contributed by atoms with van der Waals surface area (Å²) in [5.74, 6) is 0. The van der Waals surface area contributed by atoms with E-state index in [0.29, 0.717) is 0 Å². The Morgan fingerprint density at radius 1 is 1.50 bits per heavy atom. The lowest BCUT2D eigenvalue weighted by Crippen LogP contribution is -2.17. The molecule has 0 aliphatic carbocycles. The van der Waals surface area contributed by atoms with E-state index in [9.17, 15) is 4.79 Å². The van der Waals surface area contributed by atoms with Crippen LogP contribution in [0, 0.1) is 0 Å². The lowest BCUT2D eigenvalue weighted by Gasteiger charge is -1.96. The quantitative estimate of drug-likeness (QED) is 0.356. The Labute approximate surface area is 74.9 Å². The highest BCUT2D eigenvalue weighted by Crippen LogP contribution is 1.86. The Balaban J connectivity index is 3.71. The molecule has 0 aliphatic rings. The largest absolute Gasteiger partial charge is 0.301 e. The monoisotopic (exact) mass is 251 g/mol. The van der Waals surface area contributed by atoms with E-state index >= 15 is 0 Å². The van der Waals surface area contributed by atoms with Crippen molar-refractivity contribution in [2.75, 3.05) is 0 Å². The van der Waals surface area contributed by atoms with Crippen LogP contribution in [0.1, 0.15) is 6.92 Å². The zero-order valence-corrected chi connectivity index (χ0v) is 7.91. The fourth-order valence-corrected chi connectivity index (χ4v) is 0.757. The van der Waals surface area contributed by atoms with Crippen LogP contribution in [0.5, 0.6) is 0 Å². The molecular weight excluding hydrogens is 241 g/mol. The minimum Gasteiger partial charge on any atom is -0.301 e. The van der Waals surface area contributed by atoms with Gasteiger partial charge in [0, 0.05) is 22.9 Å². The van der Waals surface area contributed by atoms with Crippen molar-refractivity contribution in [2.24, 2.45) is 0 Å². The van der Waals surface area contributed by atoms with Gasteiger partial charge in [0.15, 0.2) is 0 Å². The van der Waals surface area contributed by atoms with Gasteiger partial charge >= 0.3 is 0 Å². The van der Waals surface area contributed by atoms with E-state index in [1.165, 1.54) is 0 Å². The number of allylic oxidation sites excluding steroid dienone is 3. The second-order valence-electron chi connectivity index (χ2n) is 1.68. The first-order valence-electron chi connectivity index (χ1n) is 2.96. The van der Waals surface area contributed by atoms with Crippen LogP contribution in [-0.2, 0) is 4.79 Å². The molecule has 0 aliphatic heterocycles. The van der Waals surface area contributed by atoms with Gasteiger partial charge in [-0.2, -0.15) is 0 Å².